The summed E-state index contributed by atoms with van der Waals surface area (Å²) in [5, 5.41) is 8.20. The first kappa shape index (κ1) is 19.8. The van der Waals surface area contributed by atoms with E-state index in [-0.39, 0.29) is 0 Å². The van der Waals surface area contributed by atoms with Gasteiger partial charge in [0.1, 0.15) is 0 Å². The molecule has 0 atom stereocenters. The molecule has 0 saturated heterocycles. The van der Waals surface area contributed by atoms with E-state index >= 15 is 0 Å². The van der Waals surface area contributed by atoms with E-state index < -0.39 is 0 Å². The molecule has 2 aromatic rings. The first-order valence-electron chi connectivity index (χ1n) is 7.65. The molecule has 0 unspecified atom stereocenters. The Morgan fingerprint density at radius 1 is 1.12 bits per heavy atom. The van der Waals surface area contributed by atoms with Crippen molar-refractivity contribution in [3.63, 3.8) is 0 Å². The monoisotopic (exact) mass is 393 g/mol. The van der Waals surface area contributed by atoms with Crippen LogP contribution in [0.4, 0.5) is 5.69 Å². The van der Waals surface area contributed by atoms with Crippen LogP contribution in [0.2, 0.25) is 5.02 Å². The number of nitrogens with zero attached hydrogens (tertiary/aromatic N) is 1. The Labute approximate surface area is 163 Å². The molecule has 2 N–H and O–H groups in total. The van der Waals surface area contributed by atoms with Gasteiger partial charge < -0.3 is 19.5 Å². The number of ether oxygens (including phenoxy) is 3. The molecule has 26 heavy (non-hydrogen) atoms. The third kappa shape index (κ3) is 4.77. The Bertz CT molecular complexity index is 802. The summed E-state index contributed by atoms with van der Waals surface area (Å²) in [5.74, 6) is 1.61. The van der Waals surface area contributed by atoms with Crippen LogP contribution in [0.5, 0.6) is 17.2 Å². The third-order valence-electron chi connectivity index (χ3n) is 3.58. The molecule has 0 saturated carbocycles. The Balaban J connectivity index is 2.08. The van der Waals surface area contributed by atoms with Gasteiger partial charge in [-0.1, -0.05) is 17.7 Å². The van der Waals surface area contributed by atoms with Crippen LogP contribution in [0, 0.1) is 6.92 Å². The molecule has 0 aliphatic rings. The number of anilines is 1. The smallest absolute Gasteiger partial charge is 0.203 e. The highest BCUT2D eigenvalue weighted by atomic mass is 35.5. The first-order valence-corrected chi connectivity index (χ1v) is 8.44. The second-order valence-electron chi connectivity index (χ2n) is 5.20. The molecule has 6 nitrogen and oxygen atoms in total. The average molecular weight is 394 g/mol. The van der Waals surface area contributed by atoms with E-state index in [1.807, 2.05) is 25.1 Å². The summed E-state index contributed by atoms with van der Waals surface area (Å²) in [6.07, 6.45) is 1.60. The van der Waals surface area contributed by atoms with Crippen molar-refractivity contribution in [2.24, 2.45) is 5.10 Å². The summed E-state index contributed by atoms with van der Waals surface area (Å²) in [4.78, 5) is 0. The van der Waals surface area contributed by atoms with Gasteiger partial charge in [0.15, 0.2) is 16.6 Å². The van der Waals surface area contributed by atoms with E-state index in [9.17, 15) is 0 Å². The zero-order chi connectivity index (χ0) is 19.1. The minimum absolute atomic E-state index is 0.346. The fourth-order valence-corrected chi connectivity index (χ4v) is 2.57. The molecular weight excluding hydrogens is 374 g/mol. The number of methoxy groups -OCH3 is 3. The van der Waals surface area contributed by atoms with Gasteiger partial charge in [0.25, 0.3) is 0 Å². The van der Waals surface area contributed by atoms with E-state index in [1.54, 1.807) is 39.7 Å². The van der Waals surface area contributed by atoms with Gasteiger partial charge in [-0.15, -0.1) is 0 Å². The number of halogens is 1. The minimum atomic E-state index is 0.346. The van der Waals surface area contributed by atoms with E-state index in [4.69, 9.17) is 38.0 Å². The third-order valence-corrected chi connectivity index (χ3v) is 4.19. The summed E-state index contributed by atoms with van der Waals surface area (Å²) in [7, 11) is 4.67. The first-order chi connectivity index (χ1) is 12.5. The second kappa shape index (κ2) is 9.26. The number of hydrogen-bond donors (Lipinski definition) is 2. The molecule has 138 valence electrons. The van der Waals surface area contributed by atoms with Crippen molar-refractivity contribution in [1.29, 1.82) is 0 Å². The number of rotatable bonds is 6. The van der Waals surface area contributed by atoms with Gasteiger partial charge in [-0.25, -0.2) is 0 Å². The van der Waals surface area contributed by atoms with Crippen LogP contribution in [-0.2, 0) is 0 Å². The van der Waals surface area contributed by atoms with Crippen molar-refractivity contribution in [1.82, 2.24) is 5.43 Å². The molecule has 0 aliphatic carbocycles. The summed E-state index contributed by atoms with van der Waals surface area (Å²) in [5.41, 5.74) is 5.25. The van der Waals surface area contributed by atoms with Crippen LogP contribution >= 0.6 is 23.8 Å². The molecule has 0 spiro atoms. The number of hydrazone groups is 1. The van der Waals surface area contributed by atoms with Crippen molar-refractivity contribution in [2.45, 2.75) is 6.92 Å². The maximum absolute atomic E-state index is 6.10. The van der Waals surface area contributed by atoms with Crippen LogP contribution < -0.4 is 25.0 Å². The van der Waals surface area contributed by atoms with Gasteiger partial charge in [0.2, 0.25) is 5.75 Å². The molecule has 2 rings (SSSR count). The highest BCUT2D eigenvalue weighted by molar-refractivity contribution is 7.80. The lowest BCUT2D eigenvalue weighted by Crippen LogP contribution is -2.24. The molecule has 8 heteroatoms. The number of nitrogens with one attached hydrogen (secondary N) is 2. The maximum atomic E-state index is 6.10. The summed E-state index contributed by atoms with van der Waals surface area (Å²) < 4.78 is 15.9. The molecule has 0 bridgehead atoms. The van der Waals surface area contributed by atoms with Crippen molar-refractivity contribution in [3.8, 4) is 17.2 Å². The van der Waals surface area contributed by atoms with Crippen molar-refractivity contribution >= 4 is 40.8 Å². The van der Waals surface area contributed by atoms with Crippen molar-refractivity contribution in [2.75, 3.05) is 26.6 Å². The highest BCUT2D eigenvalue weighted by Gasteiger charge is 2.12. The number of benzene rings is 2. The number of hydrogen-bond acceptors (Lipinski definition) is 5. The Kier molecular flexibility index (Phi) is 7.06. The Morgan fingerprint density at radius 2 is 1.77 bits per heavy atom. The summed E-state index contributed by atoms with van der Waals surface area (Å²) in [6.45, 7) is 1.91. The highest BCUT2D eigenvalue weighted by Crippen LogP contribution is 2.37. The van der Waals surface area contributed by atoms with Crippen LogP contribution in [0.25, 0.3) is 0 Å². The van der Waals surface area contributed by atoms with Gasteiger partial charge in [0.05, 0.1) is 27.5 Å². The zero-order valence-electron chi connectivity index (χ0n) is 14.9. The normalized spacial score (nSPS) is 10.5. The zero-order valence-corrected chi connectivity index (χ0v) is 16.5. The van der Waals surface area contributed by atoms with Crippen LogP contribution in [0.15, 0.2) is 35.4 Å². The van der Waals surface area contributed by atoms with Gasteiger partial charge in [-0.2, -0.15) is 5.10 Å². The van der Waals surface area contributed by atoms with Crippen LogP contribution in [0.1, 0.15) is 11.1 Å². The summed E-state index contributed by atoms with van der Waals surface area (Å²) in [6, 6.07) is 9.12. The fourth-order valence-electron chi connectivity index (χ4n) is 2.23. The lowest BCUT2D eigenvalue weighted by atomic mass is 10.2. The van der Waals surface area contributed by atoms with Crippen molar-refractivity contribution < 1.29 is 14.2 Å². The average Bonchev–Trinajstić information content (AvgIpc) is 2.64. The van der Waals surface area contributed by atoms with Gasteiger partial charge in [-0.3, -0.25) is 5.43 Å². The summed E-state index contributed by atoms with van der Waals surface area (Å²) >= 11 is 11.3. The molecular formula is C18H20ClN3O3S. The molecule has 0 amide bonds. The molecule has 0 radical (unpaired) electrons. The number of thiocarbonyl (C=S) groups is 1. The van der Waals surface area contributed by atoms with Gasteiger partial charge in [0, 0.05) is 16.3 Å². The molecule has 0 aromatic heterocycles. The largest absolute Gasteiger partial charge is 0.493 e. The quantitative estimate of drug-likeness (QED) is 0.439. The maximum Gasteiger partial charge on any atom is 0.203 e. The van der Waals surface area contributed by atoms with Crippen LogP contribution in [0.3, 0.4) is 0 Å². The van der Waals surface area contributed by atoms with E-state index in [0.717, 1.165) is 16.8 Å². The topological polar surface area (TPSA) is 64.1 Å². The van der Waals surface area contributed by atoms with Crippen LogP contribution in [-0.4, -0.2) is 32.7 Å². The Hall–Kier alpha value is -2.51. The predicted octanol–water partition coefficient (Wildman–Crippen LogP) is 3.99. The van der Waals surface area contributed by atoms with Gasteiger partial charge in [-0.05, 0) is 49.0 Å². The molecule has 0 heterocycles. The minimum Gasteiger partial charge on any atom is -0.493 e. The fraction of sp³-hybridized carbons (Fsp3) is 0.222. The van der Waals surface area contributed by atoms with Crippen molar-refractivity contribution in [3.05, 3.63) is 46.5 Å². The van der Waals surface area contributed by atoms with E-state index in [0.29, 0.717) is 27.4 Å². The lowest BCUT2D eigenvalue weighted by Gasteiger charge is -2.13. The SMILES string of the molecule is COc1cc(/C=N/NC(=S)Nc2cccc(Cl)c2C)cc(OC)c1OC. The second-order valence-corrected chi connectivity index (χ2v) is 6.01. The Morgan fingerprint density at radius 3 is 2.35 bits per heavy atom. The lowest BCUT2D eigenvalue weighted by molar-refractivity contribution is 0.324. The molecule has 0 fully saturated rings. The van der Waals surface area contributed by atoms with Gasteiger partial charge >= 0.3 is 0 Å². The molecule has 2 aromatic carbocycles. The predicted molar refractivity (Wildman–Crippen MR) is 109 cm³/mol. The molecule has 0 aliphatic heterocycles. The standard InChI is InChI=1S/C18H20ClN3O3S/c1-11-13(19)6-5-7-14(11)21-18(26)22-20-10-12-8-15(23-2)17(25-4)16(9-12)24-3/h5-10H,1-4H3,(H2,21,22,26)/b20-10+. The van der Waals surface area contributed by atoms with E-state index in [2.05, 4.69) is 15.8 Å². The van der Waals surface area contributed by atoms with E-state index in [1.165, 1.54) is 0 Å².